The lowest BCUT2D eigenvalue weighted by molar-refractivity contribution is -0.139. The lowest BCUT2D eigenvalue weighted by atomic mass is 9.97. The molecular weight excluding hydrogens is 242 g/mol. The van der Waals surface area contributed by atoms with Gasteiger partial charge in [-0.3, -0.25) is 9.69 Å². The Morgan fingerprint density at radius 1 is 1.58 bits per heavy atom. The summed E-state index contributed by atoms with van der Waals surface area (Å²) in [5, 5.41) is 3.28. The Bertz CT molecular complexity index is 320. The van der Waals surface area contributed by atoms with E-state index in [9.17, 15) is 4.79 Å². The van der Waals surface area contributed by atoms with Gasteiger partial charge in [0.15, 0.2) is 0 Å². The second-order valence-electron chi connectivity index (χ2n) is 6.48. The van der Waals surface area contributed by atoms with Crippen molar-refractivity contribution in [1.82, 2.24) is 10.2 Å². The summed E-state index contributed by atoms with van der Waals surface area (Å²) in [7, 11) is 0. The zero-order valence-electron chi connectivity index (χ0n) is 13.0. The third-order valence-corrected chi connectivity index (χ3v) is 3.49. The van der Waals surface area contributed by atoms with Crippen LogP contribution in [0, 0.1) is 0 Å². The summed E-state index contributed by atoms with van der Waals surface area (Å²) in [4.78, 5) is 14.0. The number of nitrogens with one attached hydrogen (secondary N) is 1. The number of morpholine rings is 1. The Kier molecular flexibility index (Phi) is 5.35. The minimum atomic E-state index is -0.677. The van der Waals surface area contributed by atoms with Gasteiger partial charge in [-0.25, -0.2) is 0 Å². The van der Waals surface area contributed by atoms with Crippen LogP contribution in [-0.2, 0) is 9.53 Å². The quantitative estimate of drug-likeness (QED) is 0.747. The number of hydrogen-bond acceptors (Lipinski definition) is 4. The maximum absolute atomic E-state index is 11.7. The fraction of sp³-hybridized carbons (Fsp3) is 0.929. The number of carbonyl (C=O) groups excluding carboxylic acids is 1. The molecule has 0 saturated carbocycles. The first-order valence-corrected chi connectivity index (χ1v) is 7.13. The number of rotatable bonds is 6. The molecule has 0 spiro atoms. The van der Waals surface area contributed by atoms with Crippen molar-refractivity contribution in [2.45, 2.75) is 58.3 Å². The molecule has 19 heavy (non-hydrogen) atoms. The SMILES string of the molecule is CCCNC(C)(CN1CC(C)OC(C)(C)C1)C(N)=O. The normalized spacial score (nSPS) is 26.9. The van der Waals surface area contributed by atoms with Crippen molar-refractivity contribution < 1.29 is 9.53 Å². The number of hydrogen-bond donors (Lipinski definition) is 2. The lowest BCUT2D eigenvalue weighted by Crippen LogP contribution is -2.63. The van der Waals surface area contributed by atoms with Gasteiger partial charge < -0.3 is 15.8 Å². The van der Waals surface area contributed by atoms with Gasteiger partial charge >= 0.3 is 0 Å². The Balaban J connectivity index is 2.71. The second-order valence-corrected chi connectivity index (χ2v) is 6.48. The molecule has 1 fully saturated rings. The molecule has 3 N–H and O–H groups in total. The van der Waals surface area contributed by atoms with E-state index in [-0.39, 0.29) is 17.6 Å². The summed E-state index contributed by atoms with van der Waals surface area (Å²) in [5.41, 5.74) is 4.71. The van der Waals surface area contributed by atoms with E-state index in [0.29, 0.717) is 6.54 Å². The van der Waals surface area contributed by atoms with Gasteiger partial charge in [0.2, 0.25) is 5.91 Å². The molecular formula is C14H29N3O2. The van der Waals surface area contributed by atoms with Crippen LogP contribution < -0.4 is 11.1 Å². The van der Waals surface area contributed by atoms with Crippen LogP contribution in [-0.4, -0.2) is 54.2 Å². The Hall–Kier alpha value is -0.650. The molecule has 112 valence electrons. The maximum Gasteiger partial charge on any atom is 0.238 e. The molecule has 0 aromatic rings. The van der Waals surface area contributed by atoms with Gasteiger partial charge in [-0.15, -0.1) is 0 Å². The van der Waals surface area contributed by atoms with Crippen LogP contribution in [0.1, 0.15) is 41.0 Å². The average molecular weight is 271 g/mol. The van der Waals surface area contributed by atoms with Gasteiger partial charge in [-0.05, 0) is 40.7 Å². The van der Waals surface area contributed by atoms with Crippen LogP contribution in [0.4, 0.5) is 0 Å². The average Bonchev–Trinajstić information content (AvgIpc) is 2.23. The molecule has 2 unspecified atom stereocenters. The largest absolute Gasteiger partial charge is 0.370 e. The predicted octanol–water partition coefficient (Wildman–Crippen LogP) is 0.729. The zero-order chi connectivity index (χ0) is 14.7. The molecule has 1 heterocycles. The first-order chi connectivity index (χ1) is 8.68. The van der Waals surface area contributed by atoms with Crippen LogP contribution in [0.15, 0.2) is 0 Å². The van der Waals surface area contributed by atoms with Gasteiger partial charge in [-0.2, -0.15) is 0 Å². The minimum Gasteiger partial charge on any atom is -0.370 e. The van der Waals surface area contributed by atoms with Gasteiger partial charge in [-0.1, -0.05) is 6.92 Å². The molecule has 5 nitrogen and oxygen atoms in total. The molecule has 0 aliphatic carbocycles. The summed E-state index contributed by atoms with van der Waals surface area (Å²) >= 11 is 0. The van der Waals surface area contributed by atoms with Crippen LogP contribution in [0.25, 0.3) is 0 Å². The highest BCUT2D eigenvalue weighted by molar-refractivity contribution is 5.84. The maximum atomic E-state index is 11.7. The summed E-state index contributed by atoms with van der Waals surface area (Å²) in [6, 6.07) is 0. The molecule has 0 radical (unpaired) electrons. The highest BCUT2D eigenvalue weighted by Crippen LogP contribution is 2.22. The van der Waals surface area contributed by atoms with Crippen molar-refractivity contribution in [3.05, 3.63) is 0 Å². The van der Waals surface area contributed by atoms with Crippen molar-refractivity contribution in [1.29, 1.82) is 0 Å². The molecule has 0 bridgehead atoms. The van der Waals surface area contributed by atoms with Gasteiger partial charge in [0.1, 0.15) is 5.54 Å². The Labute approximate surface area is 116 Å². The summed E-state index contributed by atoms with van der Waals surface area (Å²) in [6.07, 6.45) is 1.15. The molecule has 2 atom stereocenters. The number of amides is 1. The smallest absolute Gasteiger partial charge is 0.238 e. The van der Waals surface area contributed by atoms with Gasteiger partial charge in [0.05, 0.1) is 11.7 Å². The van der Waals surface area contributed by atoms with E-state index < -0.39 is 5.54 Å². The molecule has 1 aliphatic heterocycles. The zero-order valence-corrected chi connectivity index (χ0v) is 13.0. The fourth-order valence-corrected chi connectivity index (χ4v) is 2.78. The number of ether oxygens (including phenoxy) is 1. The lowest BCUT2D eigenvalue weighted by Gasteiger charge is -2.44. The van der Waals surface area contributed by atoms with Gasteiger partial charge in [0, 0.05) is 19.6 Å². The van der Waals surface area contributed by atoms with Crippen LogP contribution >= 0.6 is 0 Å². The Morgan fingerprint density at radius 3 is 2.68 bits per heavy atom. The highest BCUT2D eigenvalue weighted by atomic mass is 16.5. The van der Waals surface area contributed by atoms with Crippen molar-refractivity contribution in [3.8, 4) is 0 Å². The number of nitrogens with two attached hydrogens (primary N) is 1. The van der Waals surface area contributed by atoms with Crippen LogP contribution in [0.3, 0.4) is 0 Å². The molecule has 0 aromatic carbocycles. The van der Waals surface area contributed by atoms with E-state index >= 15 is 0 Å². The van der Waals surface area contributed by atoms with Gasteiger partial charge in [0.25, 0.3) is 0 Å². The van der Waals surface area contributed by atoms with Crippen molar-refractivity contribution in [2.75, 3.05) is 26.2 Å². The second kappa shape index (κ2) is 6.20. The molecule has 1 saturated heterocycles. The summed E-state index contributed by atoms with van der Waals surface area (Å²) < 4.78 is 5.88. The first kappa shape index (κ1) is 16.4. The topological polar surface area (TPSA) is 67.6 Å². The predicted molar refractivity (Wildman–Crippen MR) is 77.0 cm³/mol. The van der Waals surface area contributed by atoms with Crippen LogP contribution in [0.2, 0.25) is 0 Å². The Morgan fingerprint density at radius 2 is 2.21 bits per heavy atom. The number of nitrogens with zero attached hydrogens (tertiary/aromatic N) is 1. The summed E-state index contributed by atoms with van der Waals surface area (Å²) in [5.74, 6) is -0.294. The van der Waals surface area contributed by atoms with E-state index in [2.05, 4.69) is 37.9 Å². The molecule has 0 aromatic heterocycles. The van der Waals surface area contributed by atoms with Crippen molar-refractivity contribution in [2.24, 2.45) is 5.73 Å². The van der Waals surface area contributed by atoms with E-state index in [1.807, 2.05) is 6.92 Å². The van der Waals surface area contributed by atoms with E-state index in [0.717, 1.165) is 26.1 Å². The summed E-state index contributed by atoms with van der Waals surface area (Å²) in [6.45, 7) is 13.3. The van der Waals surface area contributed by atoms with E-state index in [4.69, 9.17) is 10.5 Å². The highest BCUT2D eigenvalue weighted by Gasteiger charge is 2.38. The molecule has 1 rings (SSSR count). The third-order valence-electron chi connectivity index (χ3n) is 3.49. The number of carbonyl (C=O) groups is 1. The molecule has 1 aliphatic rings. The van der Waals surface area contributed by atoms with E-state index in [1.165, 1.54) is 0 Å². The monoisotopic (exact) mass is 271 g/mol. The number of primary amides is 1. The molecule has 5 heteroatoms. The van der Waals surface area contributed by atoms with Crippen molar-refractivity contribution >= 4 is 5.91 Å². The van der Waals surface area contributed by atoms with E-state index in [1.54, 1.807) is 0 Å². The minimum absolute atomic E-state index is 0.173. The van der Waals surface area contributed by atoms with Crippen LogP contribution in [0.5, 0.6) is 0 Å². The first-order valence-electron chi connectivity index (χ1n) is 7.13. The fourth-order valence-electron chi connectivity index (χ4n) is 2.78. The van der Waals surface area contributed by atoms with Crippen molar-refractivity contribution in [3.63, 3.8) is 0 Å². The molecule has 1 amide bonds. The third kappa shape index (κ3) is 4.75. The standard InChI is InChI=1S/C14H29N3O2/c1-6-7-16-14(5,12(15)18)10-17-8-11(2)19-13(3,4)9-17/h11,16H,6-10H2,1-5H3,(H2,15,18).